The van der Waals surface area contributed by atoms with Gasteiger partial charge in [0.15, 0.2) is 5.60 Å². The molecule has 0 aliphatic heterocycles. The summed E-state index contributed by atoms with van der Waals surface area (Å²) in [6, 6.07) is 19.1. The second-order valence-corrected chi connectivity index (χ2v) is 12.9. The number of benzene rings is 2. The van der Waals surface area contributed by atoms with Gasteiger partial charge in [-0.1, -0.05) is 95.3 Å². The third-order valence-electron chi connectivity index (χ3n) is 7.14. The molecule has 0 spiro atoms. The minimum atomic E-state index is -1.50. The zero-order chi connectivity index (χ0) is 28.1. The number of ether oxygens (including phenoxy) is 1. The maximum atomic E-state index is 13.1. The summed E-state index contributed by atoms with van der Waals surface area (Å²) in [5.74, 6) is -1.30. The Balaban J connectivity index is 2.67. The van der Waals surface area contributed by atoms with E-state index < -0.39 is 40.1 Å². The van der Waals surface area contributed by atoms with Crippen LogP contribution >= 0.6 is 0 Å². The van der Waals surface area contributed by atoms with Gasteiger partial charge in [-0.25, -0.2) is 9.59 Å². The zero-order valence-electron chi connectivity index (χ0n) is 23.9. The summed E-state index contributed by atoms with van der Waals surface area (Å²) in [6.07, 6.45) is 0.221. The first-order valence-corrected chi connectivity index (χ1v) is 13.7. The lowest BCUT2D eigenvalue weighted by Gasteiger charge is -2.54. The van der Waals surface area contributed by atoms with E-state index in [1.165, 1.54) is 0 Å². The Morgan fingerprint density at radius 3 is 1.76 bits per heavy atom. The summed E-state index contributed by atoms with van der Waals surface area (Å²) < 4.78 is 11.8. The standard InChI is InChI=1S/C30H45NO5Si/c1-27(2,3)24(23(19-21-15-11-9-12-16-21)31-26(34)35-28(4,5)6)29(7,8)30(36-37,25(32)33)20-22-17-13-10-14-18-22/h9-18,23-24H,19-20H2,1-8,37H3,(H,31,34)(H,32,33)/t23-,24-,30-/m0/s1. The number of hydrogen-bond acceptors (Lipinski definition) is 4. The van der Waals surface area contributed by atoms with Crippen molar-refractivity contribution in [3.05, 3.63) is 71.8 Å². The predicted octanol–water partition coefficient (Wildman–Crippen LogP) is 5.17. The summed E-state index contributed by atoms with van der Waals surface area (Å²) >= 11 is 0. The van der Waals surface area contributed by atoms with Crippen molar-refractivity contribution < 1.29 is 23.9 Å². The molecule has 0 radical (unpaired) electrons. The van der Waals surface area contributed by atoms with Crippen LogP contribution in [0.3, 0.4) is 0 Å². The van der Waals surface area contributed by atoms with E-state index >= 15 is 0 Å². The van der Waals surface area contributed by atoms with Crippen LogP contribution in [0.1, 0.15) is 66.5 Å². The normalized spacial score (nSPS) is 15.9. The highest BCUT2D eigenvalue weighted by molar-refractivity contribution is 6.00. The highest BCUT2D eigenvalue weighted by Gasteiger charge is 2.59. The van der Waals surface area contributed by atoms with E-state index in [0.717, 1.165) is 11.1 Å². The summed E-state index contributed by atoms with van der Waals surface area (Å²) in [5.41, 5.74) is -1.52. The van der Waals surface area contributed by atoms with Crippen molar-refractivity contribution in [1.82, 2.24) is 5.32 Å². The van der Waals surface area contributed by atoms with E-state index in [0.29, 0.717) is 6.42 Å². The van der Waals surface area contributed by atoms with Gasteiger partial charge in [-0.05, 0) is 49.7 Å². The highest BCUT2D eigenvalue weighted by atomic mass is 28.2. The van der Waals surface area contributed by atoms with Crippen LogP contribution in [0.25, 0.3) is 0 Å². The Labute approximate surface area is 225 Å². The van der Waals surface area contributed by atoms with Crippen molar-refractivity contribution in [1.29, 1.82) is 0 Å². The van der Waals surface area contributed by atoms with E-state index in [-0.39, 0.29) is 22.8 Å². The Morgan fingerprint density at radius 2 is 1.35 bits per heavy atom. The molecule has 2 aromatic carbocycles. The lowest BCUT2D eigenvalue weighted by molar-refractivity contribution is -0.178. The third-order valence-corrected chi connectivity index (χ3v) is 7.84. The van der Waals surface area contributed by atoms with Crippen molar-refractivity contribution in [2.24, 2.45) is 16.7 Å². The maximum Gasteiger partial charge on any atom is 0.407 e. The van der Waals surface area contributed by atoms with Crippen LogP contribution in [0.5, 0.6) is 0 Å². The molecule has 37 heavy (non-hydrogen) atoms. The van der Waals surface area contributed by atoms with Crippen molar-refractivity contribution >= 4 is 22.5 Å². The van der Waals surface area contributed by atoms with Crippen LogP contribution in [0.2, 0.25) is 0 Å². The van der Waals surface area contributed by atoms with Crippen molar-refractivity contribution in [2.75, 3.05) is 0 Å². The fourth-order valence-electron chi connectivity index (χ4n) is 5.90. The van der Waals surface area contributed by atoms with Crippen LogP contribution < -0.4 is 5.32 Å². The summed E-state index contributed by atoms with van der Waals surface area (Å²) in [7, 11) is 0.241. The first kappa shape index (κ1) is 30.6. The average Bonchev–Trinajstić information content (AvgIpc) is 2.76. The van der Waals surface area contributed by atoms with E-state index in [1.807, 2.05) is 95.3 Å². The van der Waals surface area contributed by atoms with Gasteiger partial charge < -0.3 is 19.6 Å². The number of amides is 1. The number of nitrogens with one attached hydrogen (secondary N) is 1. The zero-order valence-corrected chi connectivity index (χ0v) is 25.9. The summed E-state index contributed by atoms with van der Waals surface area (Å²) in [4.78, 5) is 26.2. The molecule has 0 bridgehead atoms. The monoisotopic (exact) mass is 527 g/mol. The SMILES string of the molecule is CC(C)(C)OC(=O)N[C@@H](Cc1ccccc1)[C@@H](C(C)(C)C)C(C)(C)[C@@](Cc1ccccc1)(O[SiH3])C(=O)O. The van der Waals surface area contributed by atoms with Gasteiger partial charge in [0.05, 0.1) is 0 Å². The van der Waals surface area contributed by atoms with E-state index in [4.69, 9.17) is 9.16 Å². The summed E-state index contributed by atoms with van der Waals surface area (Å²) in [5, 5.41) is 13.9. The molecule has 3 atom stereocenters. The Kier molecular flexibility index (Phi) is 9.77. The molecule has 0 aliphatic carbocycles. The molecule has 6 nitrogen and oxygen atoms in total. The smallest absolute Gasteiger partial charge is 0.407 e. The Bertz CT molecular complexity index is 1030. The molecule has 204 valence electrons. The fourth-order valence-corrected chi connectivity index (χ4v) is 6.75. The minimum Gasteiger partial charge on any atom is -0.479 e. The van der Waals surface area contributed by atoms with Gasteiger partial charge in [0.1, 0.15) is 16.1 Å². The molecule has 2 rings (SSSR count). The van der Waals surface area contributed by atoms with Crippen molar-refractivity contribution in [3.8, 4) is 0 Å². The van der Waals surface area contributed by atoms with Crippen molar-refractivity contribution in [2.45, 2.75) is 85.5 Å². The first-order valence-electron chi connectivity index (χ1n) is 12.9. The highest BCUT2D eigenvalue weighted by Crippen LogP contribution is 2.51. The Hall–Kier alpha value is -2.64. The quantitative estimate of drug-likeness (QED) is 0.416. The number of aliphatic carboxylic acids is 1. The van der Waals surface area contributed by atoms with Crippen LogP contribution in [0, 0.1) is 16.7 Å². The number of rotatable bonds is 10. The van der Waals surface area contributed by atoms with Crippen LogP contribution in [-0.4, -0.2) is 44.9 Å². The summed E-state index contributed by atoms with van der Waals surface area (Å²) in [6.45, 7) is 15.7. The molecule has 0 aromatic heterocycles. The third kappa shape index (κ3) is 7.68. The van der Waals surface area contributed by atoms with Gasteiger partial charge in [0.25, 0.3) is 0 Å². The van der Waals surface area contributed by atoms with Crippen molar-refractivity contribution in [3.63, 3.8) is 0 Å². The van der Waals surface area contributed by atoms with E-state index in [1.54, 1.807) is 0 Å². The molecule has 2 aromatic rings. The van der Waals surface area contributed by atoms with E-state index in [2.05, 4.69) is 26.1 Å². The molecule has 0 unspecified atom stereocenters. The molecule has 0 aliphatic rings. The first-order chi connectivity index (χ1) is 17.0. The van der Waals surface area contributed by atoms with Gasteiger partial charge in [0.2, 0.25) is 0 Å². The largest absolute Gasteiger partial charge is 0.479 e. The number of carbonyl (C=O) groups is 2. The van der Waals surface area contributed by atoms with Gasteiger partial charge in [-0.2, -0.15) is 0 Å². The molecular formula is C30H45NO5Si. The van der Waals surface area contributed by atoms with Crippen LogP contribution in [-0.2, 0) is 26.8 Å². The van der Waals surface area contributed by atoms with Gasteiger partial charge in [0, 0.05) is 17.9 Å². The van der Waals surface area contributed by atoms with E-state index in [9.17, 15) is 14.7 Å². The lowest BCUT2D eigenvalue weighted by atomic mass is 9.54. The molecule has 1 amide bonds. The van der Waals surface area contributed by atoms with Gasteiger partial charge in [-0.15, -0.1) is 0 Å². The average molecular weight is 528 g/mol. The molecule has 0 saturated carbocycles. The number of carbonyl (C=O) groups excluding carboxylic acids is 1. The van der Waals surface area contributed by atoms with Gasteiger partial charge in [-0.3, -0.25) is 0 Å². The molecule has 0 saturated heterocycles. The number of alkyl carbamates (subject to hydrolysis) is 1. The Morgan fingerprint density at radius 1 is 0.865 bits per heavy atom. The lowest BCUT2D eigenvalue weighted by Crippen LogP contribution is -2.64. The molecule has 0 fully saturated rings. The number of carboxylic acid groups (broad SMARTS) is 1. The number of hydrogen-bond donors (Lipinski definition) is 2. The van der Waals surface area contributed by atoms with Crippen LogP contribution in [0.15, 0.2) is 60.7 Å². The topological polar surface area (TPSA) is 84.9 Å². The molecule has 0 heterocycles. The second-order valence-electron chi connectivity index (χ2n) is 12.5. The van der Waals surface area contributed by atoms with Gasteiger partial charge >= 0.3 is 12.1 Å². The molecular weight excluding hydrogens is 482 g/mol. The molecule has 2 N–H and O–H groups in total. The van der Waals surface area contributed by atoms with Crippen LogP contribution in [0.4, 0.5) is 4.79 Å². The fraction of sp³-hybridized carbons (Fsp3) is 0.533. The second kappa shape index (κ2) is 11.8. The number of carboxylic acids is 1. The minimum absolute atomic E-state index is 0.219. The maximum absolute atomic E-state index is 13.1. The predicted molar refractivity (Wildman–Crippen MR) is 152 cm³/mol. The molecule has 7 heteroatoms.